The van der Waals surface area contributed by atoms with Crippen LogP contribution in [0.25, 0.3) is 11.0 Å². The summed E-state index contributed by atoms with van der Waals surface area (Å²) in [4.78, 5) is 24.7. The molecule has 0 radical (unpaired) electrons. The summed E-state index contributed by atoms with van der Waals surface area (Å²) >= 11 is 6.01. The highest BCUT2D eigenvalue weighted by Gasteiger charge is 2.19. The molecule has 0 aliphatic carbocycles. The van der Waals surface area contributed by atoms with Crippen LogP contribution in [0.5, 0.6) is 0 Å². The van der Waals surface area contributed by atoms with E-state index < -0.39 is 5.97 Å². The number of piperazine rings is 1. The van der Waals surface area contributed by atoms with Crippen LogP contribution in [0.4, 0.5) is 5.82 Å². The molecular weight excluding hydrogens is 376 g/mol. The molecule has 0 unspecified atom stereocenters. The van der Waals surface area contributed by atoms with Gasteiger partial charge in [0, 0.05) is 37.7 Å². The number of carboxylic acids is 1. The Morgan fingerprint density at radius 1 is 1.04 bits per heavy atom. The Morgan fingerprint density at radius 2 is 1.82 bits per heavy atom. The number of benzene rings is 2. The Kier molecular flexibility index (Phi) is 5.41. The molecule has 28 heavy (non-hydrogen) atoms. The molecular formula is C21H21ClN4O2. The van der Waals surface area contributed by atoms with E-state index >= 15 is 0 Å². The van der Waals surface area contributed by atoms with Gasteiger partial charge in [-0.15, -0.1) is 0 Å². The van der Waals surface area contributed by atoms with Crippen LogP contribution in [0, 0.1) is 0 Å². The zero-order valence-electron chi connectivity index (χ0n) is 15.4. The van der Waals surface area contributed by atoms with Crippen molar-refractivity contribution in [3.8, 4) is 0 Å². The highest BCUT2D eigenvalue weighted by molar-refractivity contribution is 6.31. The zero-order chi connectivity index (χ0) is 19.5. The Bertz CT molecular complexity index is 1000. The number of fused-ring (bicyclic) bond motifs is 1. The minimum atomic E-state index is -0.801. The van der Waals surface area contributed by atoms with Crippen LogP contribution in [0.3, 0.4) is 0 Å². The van der Waals surface area contributed by atoms with Gasteiger partial charge in [0.2, 0.25) is 0 Å². The average molecular weight is 397 g/mol. The molecule has 1 fully saturated rings. The van der Waals surface area contributed by atoms with Crippen LogP contribution in [-0.2, 0) is 17.8 Å². The van der Waals surface area contributed by atoms with Gasteiger partial charge in [0.25, 0.3) is 0 Å². The largest absolute Gasteiger partial charge is 0.481 e. The Labute approximate surface area is 168 Å². The summed E-state index contributed by atoms with van der Waals surface area (Å²) in [6, 6.07) is 13.4. The van der Waals surface area contributed by atoms with Gasteiger partial charge in [-0.05, 0) is 29.3 Å². The summed E-state index contributed by atoms with van der Waals surface area (Å²) in [6.45, 7) is 4.42. The third kappa shape index (κ3) is 4.40. The van der Waals surface area contributed by atoms with E-state index in [4.69, 9.17) is 21.7 Å². The van der Waals surface area contributed by atoms with Crippen LogP contribution < -0.4 is 4.90 Å². The van der Waals surface area contributed by atoms with Crippen molar-refractivity contribution in [1.29, 1.82) is 0 Å². The molecule has 1 saturated heterocycles. The van der Waals surface area contributed by atoms with Crippen molar-refractivity contribution >= 4 is 34.4 Å². The summed E-state index contributed by atoms with van der Waals surface area (Å²) in [6.07, 6.45) is 1.87. The normalized spacial score (nSPS) is 15.1. The lowest BCUT2D eigenvalue weighted by molar-refractivity contribution is -0.136. The number of aliphatic carboxylic acids is 1. The van der Waals surface area contributed by atoms with Crippen LogP contribution >= 0.6 is 11.6 Å². The first kappa shape index (κ1) is 18.7. The molecule has 2 heterocycles. The topological polar surface area (TPSA) is 69.6 Å². The summed E-state index contributed by atoms with van der Waals surface area (Å²) < 4.78 is 0. The van der Waals surface area contributed by atoms with Crippen molar-refractivity contribution in [3.63, 3.8) is 0 Å². The smallest absolute Gasteiger partial charge is 0.307 e. The van der Waals surface area contributed by atoms with Crippen molar-refractivity contribution in [2.45, 2.75) is 13.0 Å². The quantitative estimate of drug-likeness (QED) is 0.714. The van der Waals surface area contributed by atoms with Gasteiger partial charge < -0.3 is 10.0 Å². The van der Waals surface area contributed by atoms with Gasteiger partial charge in [0.15, 0.2) is 0 Å². The molecule has 4 rings (SSSR count). The maximum atomic E-state index is 10.9. The van der Waals surface area contributed by atoms with E-state index in [9.17, 15) is 4.79 Å². The van der Waals surface area contributed by atoms with E-state index in [1.165, 1.54) is 0 Å². The van der Waals surface area contributed by atoms with Gasteiger partial charge in [-0.1, -0.05) is 35.9 Å². The Balaban J connectivity index is 1.38. The number of carbonyl (C=O) groups is 1. The fraction of sp³-hybridized carbons (Fsp3) is 0.286. The number of anilines is 1. The third-order valence-corrected chi connectivity index (χ3v) is 5.18. The summed E-state index contributed by atoms with van der Waals surface area (Å²) in [7, 11) is 0. The lowest BCUT2D eigenvalue weighted by atomic mass is 10.1. The molecule has 0 bridgehead atoms. The summed E-state index contributed by atoms with van der Waals surface area (Å²) in [5.41, 5.74) is 3.64. The Morgan fingerprint density at radius 3 is 2.61 bits per heavy atom. The monoisotopic (exact) mass is 396 g/mol. The molecule has 0 atom stereocenters. The predicted octanol–water partition coefficient (Wildman–Crippen LogP) is 3.23. The van der Waals surface area contributed by atoms with Crippen LogP contribution in [0.1, 0.15) is 11.1 Å². The van der Waals surface area contributed by atoms with E-state index in [0.717, 1.165) is 60.7 Å². The summed E-state index contributed by atoms with van der Waals surface area (Å²) in [5.74, 6) is 0.0856. The maximum Gasteiger partial charge on any atom is 0.307 e. The van der Waals surface area contributed by atoms with Crippen molar-refractivity contribution in [3.05, 3.63) is 64.8 Å². The van der Waals surface area contributed by atoms with Gasteiger partial charge in [-0.2, -0.15) is 0 Å². The second kappa shape index (κ2) is 8.12. The minimum absolute atomic E-state index is 0.0630. The van der Waals surface area contributed by atoms with E-state index in [1.54, 1.807) is 0 Å². The van der Waals surface area contributed by atoms with Gasteiger partial charge in [-0.25, -0.2) is 4.98 Å². The first-order chi connectivity index (χ1) is 13.6. The van der Waals surface area contributed by atoms with Crippen LogP contribution in [0.2, 0.25) is 5.02 Å². The molecule has 0 spiro atoms. The summed E-state index contributed by atoms with van der Waals surface area (Å²) in [5, 5.41) is 9.63. The third-order valence-electron chi connectivity index (χ3n) is 4.94. The Hall–Kier alpha value is -2.70. The highest BCUT2D eigenvalue weighted by Crippen LogP contribution is 2.20. The molecule has 1 N–H and O–H groups in total. The number of halogens is 1. The van der Waals surface area contributed by atoms with Crippen molar-refractivity contribution in [2.24, 2.45) is 0 Å². The van der Waals surface area contributed by atoms with Crippen molar-refractivity contribution < 1.29 is 9.90 Å². The minimum Gasteiger partial charge on any atom is -0.481 e. The molecule has 0 saturated carbocycles. The van der Waals surface area contributed by atoms with Gasteiger partial charge in [0.1, 0.15) is 5.82 Å². The molecule has 1 aliphatic rings. The van der Waals surface area contributed by atoms with Crippen molar-refractivity contribution in [1.82, 2.24) is 14.9 Å². The number of nitrogens with zero attached hydrogens (tertiary/aromatic N) is 4. The molecule has 3 aromatic rings. The fourth-order valence-electron chi connectivity index (χ4n) is 3.53. The SMILES string of the molecule is O=C(O)Cc1cccc(CN2CCN(c3cnc4cc(Cl)ccc4n3)CC2)c1. The van der Waals surface area contributed by atoms with Gasteiger partial charge in [0.05, 0.1) is 23.7 Å². The zero-order valence-corrected chi connectivity index (χ0v) is 16.1. The average Bonchev–Trinajstić information content (AvgIpc) is 2.68. The van der Waals surface area contributed by atoms with E-state index in [0.29, 0.717) is 5.02 Å². The number of aromatic nitrogens is 2. The molecule has 144 valence electrons. The number of carboxylic acid groups (broad SMARTS) is 1. The molecule has 0 amide bonds. The standard InChI is InChI=1S/C21H21ClN4O2/c22-17-4-5-18-19(12-17)23-13-20(24-18)26-8-6-25(7-9-26)14-16-3-1-2-15(10-16)11-21(27)28/h1-5,10,12-13H,6-9,11,14H2,(H,27,28). The molecule has 1 aromatic heterocycles. The van der Waals surface area contributed by atoms with Gasteiger partial charge >= 0.3 is 5.97 Å². The predicted molar refractivity (Wildman–Crippen MR) is 110 cm³/mol. The van der Waals surface area contributed by atoms with Crippen LogP contribution in [0.15, 0.2) is 48.7 Å². The van der Waals surface area contributed by atoms with Crippen LogP contribution in [-0.4, -0.2) is 52.1 Å². The molecule has 7 heteroatoms. The van der Waals surface area contributed by atoms with E-state index in [1.807, 2.05) is 42.6 Å². The first-order valence-electron chi connectivity index (χ1n) is 9.26. The number of hydrogen-bond acceptors (Lipinski definition) is 5. The second-order valence-electron chi connectivity index (χ2n) is 7.01. The fourth-order valence-corrected chi connectivity index (χ4v) is 3.70. The van der Waals surface area contributed by atoms with E-state index in [2.05, 4.69) is 20.9 Å². The maximum absolute atomic E-state index is 10.9. The first-order valence-corrected chi connectivity index (χ1v) is 9.64. The highest BCUT2D eigenvalue weighted by atomic mass is 35.5. The lowest BCUT2D eigenvalue weighted by Gasteiger charge is -2.35. The number of rotatable bonds is 5. The van der Waals surface area contributed by atoms with Gasteiger partial charge in [-0.3, -0.25) is 14.7 Å². The molecule has 1 aliphatic heterocycles. The molecule has 6 nitrogen and oxygen atoms in total. The van der Waals surface area contributed by atoms with E-state index in [-0.39, 0.29) is 6.42 Å². The van der Waals surface area contributed by atoms with Crippen molar-refractivity contribution in [2.75, 3.05) is 31.1 Å². The lowest BCUT2D eigenvalue weighted by Crippen LogP contribution is -2.46. The molecule has 2 aromatic carbocycles. The number of hydrogen-bond donors (Lipinski definition) is 1. The second-order valence-corrected chi connectivity index (χ2v) is 7.45.